The molecule has 2 aromatic rings. The molecule has 15 heavy (non-hydrogen) atoms. The Labute approximate surface area is 88.0 Å². The van der Waals surface area contributed by atoms with Crippen LogP contribution in [0.2, 0.25) is 0 Å². The second-order valence-electron chi connectivity index (χ2n) is 3.41. The Hall–Kier alpha value is -1.91. The number of rotatable bonds is 3. The molecule has 2 heterocycles. The Balaban J connectivity index is 2.13. The number of aryl methyl sites for hydroxylation is 1. The van der Waals surface area contributed by atoms with E-state index >= 15 is 0 Å². The highest BCUT2D eigenvalue weighted by Crippen LogP contribution is 2.16. The van der Waals surface area contributed by atoms with Crippen LogP contribution in [0.5, 0.6) is 0 Å². The van der Waals surface area contributed by atoms with E-state index in [9.17, 15) is 0 Å². The van der Waals surface area contributed by atoms with Crippen molar-refractivity contribution in [2.24, 2.45) is 0 Å². The molecule has 0 radical (unpaired) electrons. The monoisotopic (exact) mass is 203 g/mol. The molecule has 1 unspecified atom stereocenters. The SMILES string of the molecule is Cc1cccnc1NC(C)c1ncn[nH]1. The maximum Gasteiger partial charge on any atom is 0.146 e. The van der Waals surface area contributed by atoms with Crippen LogP contribution in [-0.4, -0.2) is 20.2 Å². The zero-order valence-corrected chi connectivity index (χ0v) is 8.73. The standard InChI is InChI=1S/C10H13N5/c1-7-4-3-5-11-9(7)14-8(2)10-12-6-13-15-10/h3-6,8H,1-2H3,(H,11,14)(H,12,13,15). The van der Waals surface area contributed by atoms with Gasteiger partial charge in [0.2, 0.25) is 0 Å². The first-order chi connectivity index (χ1) is 7.27. The summed E-state index contributed by atoms with van der Waals surface area (Å²) in [6.07, 6.45) is 3.27. The molecule has 2 N–H and O–H groups in total. The van der Waals surface area contributed by atoms with Gasteiger partial charge in [-0.15, -0.1) is 0 Å². The molecular formula is C10H13N5. The molecule has 0 fully saturated rings. The molecule has 0 aliphatic heterocycles. The lowest BCUT2D eigenvalue weighted by molar-refractivity contribution is 0.788. The highest BCUT2D eigenvalue weighted by atomic mass is 15.2. The summed E-state index contributed by atoms with van der Waals surface area (Å²) < 4.78 is 0. The van der Waals surface area contributed by atoms with Crippen molar-refractivity contribution in [3.8, 4) is 0 Å². The third-order valence-corrected chi connectivity index (χ3v) is 2.21. The van der Waals surface area contributed by atoms with Gasteiger partial charge in [0.05, 0.1) is 6.04 Å². The van der Waals surface area contributed by atoms with Crippen LogP contribution in [0.15, 0.2) is 24.7 Å². The fourth-order valence-electron chi connectivity index (χ4n) is 1.33. The number of anilines is 1. The number of hydrogen-bond acceptors (Lipinski definition) is 4. The van der Waals surface area contributed by atoms with Gasteiger partial charge in [0.15, 0.2) is 0 Å². The Kier molecular flexibility index (Phi) is 2.62. The van der Waals surface area contributed by atoms with E-state index in [4.69, 9.17) is 0 Å². The third-order valence-electron chi connectivity index (χ3n) is 2.21. The molecule has 0 aliphatic rings. The molecule has 0 saturated heterocycles. The molecule has 5 nitrogen and oxygen atoms in total. The highest BCUT2D eigenvalue weighted by Gasteiger charge is 2.09. The molecule has 1 atom stereocenters. The van der Waals surface area contributed by atoms with Crippen molar-refractivity contribution in [1.29, 1.82) is 0 Å². The maximum atomic E-state index is 4.25. The first-order valence-corrected chi connectivity index (χ1v) is 4.81. The number of nitrogens with zero attached hydrogens (tertiary/aromatic N) is 3. The number of nitrogens with one attached hydrogen (secondary N) is 2. The number of H-pyrrole nitrogens is 1. The Morgan fingerprint density at radius 3 is 2.93 bits per heavy atom. The first kappa shape index (κ1) is 9.64. The topological polar surface area (TPSA) is 66.5 Å². The fraction of sp³-hybridized carbons (Fsp3) is 0.300. The number of aromatic nitrogens is 4. The van der Waals surface area contributed by atoms with Gasteiger partial charge in [-0.1, -0.05) is 6.07 Å². The van der Waals surface area contributed by atoms with E-state index in [2.05, 4.69) is 25.5 Å². The molecule has 2 rings (SSSR count). The maximum absolute atomic E-state index is 4.25. The second-order valence-corrected chi connectivity index (χ2v) is 3.41. The van der Waals surface area contributed by atoms with E-state index in [1.165, 1.54) is 6.33 Å². The Morgan fingerprint density at radius 2 is 2.27 bits per heavy atom. The summed E-state index contributed by atoms with van der Waals surface area (Å²) in [6, 6.07) is 4.00. The summed E-state index contributed by atoms with van der Waals surface area (Å²) >= 11 is 0. The van der Waals surface area contributed by atoms with Crippen molar-refractivity contribution in [3.05, 3.63) is 36.0 Å². The minimum absolute atomic E-state index is 0.0705. The van der Waals surface area contributed by atoms with Crippen molar-refractivity contribution in [2.45, 2.75) is 19.9 Å². The molecule has 0 saturated carbocycles. The van der Waals surface area contributed by atoms with Crippen molar-refractivity contribution in [2.75, 3.05) is 5.32 Å². The lowest BCUT2D eigenvalue weighted by Crippen LogP contribution is -2.10. The predicted octanol–water partition coefficient (Wildman–Crippen LogP) is 1.68. The molecular weight excluding hydrogens is 190 g/mol. The van der Waals surface area contributed by atoms with E-state index in [-0.39, 0.29) is 6.04 Å². The summed E-state index contributed by atoms with van der Waals surface area (Å²) in [5, 5.41) is 9.90. The molecule has 0 aromatic carbocycles. The van der Waals surface area contributed by atoms with Gasteiger partial charge in [0, 0.05) is 6.20 Å². The van der Waals surface area contributed by atoms with Crippen molar-refractivity contribution < 1.29 is 0 Å². The van der Waals surface area contributed by atoms with Crippen LogP contribution < -0.4 is 5.32 Å². The smallest absolute Gasteiger partial charge is 0.146 e. The number of hydrogen-bond donors (Lipinski definition) is 2. The van der Waals surface area contributed by atoms with Gasteiger partial charge in [-0.05, 0) is 25.5 Å². The van der Waals surface area contributed by atoms with E-state index in [0.29, 0.717) is 0 Å². The van der Waals surface area contributed by atoms with Gasteiger partial charge in [-0.2, -0.15) is 5.10 Å². The fourth-order valence-corrected chi connectivity index (χ4v) is 1.33. The van der Waals surface area contributed by atoms with Crippen molar-refractivity contribution in [3.63, 3.8) is 0 Å². The second kappa shape index (κ2) is 4.08. The van der Waals surface area contributed by atoms with Gasteiger partial charge >= 0.3 is 0 Å². The van der Waals surface area contributed by atoms with Crippen LogP contribution in [0.1, 0.15) is 24.4 Å². The first-order valence-electron chi connectivity index (χ1n) is 4.81. The molecule has 0 spiro atoms. The normalized spacial score (nSPS) is 12.4. The van der Waals surface area contributed by atoms with Gasteiger partial charge in [-0.25, -0.2) is 9.97 Å². The van der Waals surface area contributed by atoms with Gasteiger partial charge in [0.1, 0.15) is 18.0 Å². The van der Waals surface area contributed by atoms with E-state index in [0.717, 1.165) is 17.2 Å². The largest absolute Gasteiger partial charge is 0.360 e. The summed E-state index contributed by atoms with van der Waals surface area (Å²) in [4.78, 5) is 8.34. The number of pyridine rings is 1. The van der Waals surface area contributed by atoms with Crippen LogP contribution in [0.25, 0.3) is 0 Å². The molecule has 2 aromatic heterocycles. The molecule has 5 heteroatoms. The average molecular weight is 203 g/mol. The molecule has 78 valence electrons. The van der Waals surface area contributed by atoms with Crippen molar-refractivity contribution in [1.82, 2.24) is 20.2 Å². The average Bonchev–Trinajstić information content (AvgIpc) is 2.74. The highest BCUT2D eigenvalue weighted by molar-refractivity contribution is 5.43. The zero-order chi connectivity index (χ0) is 10.7. The summed E-state index contributed by atoms with van der Waals surface area (Å²) in [7, 11) is 0. The van der Waals surface area contributed by atoms with E-state index in [1.54, 1.807) is 6.20 Å². The predicted molar refractivity (Wildman–Crippen MR) is 57.4 cm³/mol. The summed E-state index contributed by atoms with van der Waals surface area (Å²) in [5.41, 5.74) is 1.11. The summed E-state index contributed by atoms with van der Waals surface area (Å²) in [6.45, 7) is 4.02. The van der Waals surface area contributed by atoms with E-state index in [1.807, 2.05) is 26.0 Å². The molecule has 0 bridgehead atoms. The minimum atomic E-state index is 0.0705. The molecule has 0 aliphatic carbocycles. The number of aromatic amines is 1. The molecule has 0 amide bonds. The third kappa shape index (κ3) is 2.12. The van der Waals surface area contributed by atoms with Crippen LogP contribution in [-0.2, 0) is 0 Å². The van der Waals surface area contributed by atoms with Crippen LogP contribution in [0.3, 0.4) is 0 Å². The van der Waals surface area contributed by atoms with Crippen LogP contribution >= 0.6 is 0 Å². The van der Waals surface area contributed by atoms with Gasteiger partial charge in [-0.3, -0.25) is 5.10 Å². The zero-order valence-electron chi connectivity index (χ0n) is 8.73. The van der Waals surface area contributed by atoms with Crippen LogP contribution in [0, 0.1) is 6.92 Å². The van der Waals surface area contributed by atoms with Crippen molar-refractivity contribution >= 4 is 5.82 Å². The summed E-state index contributed by atoms with van der Waals surface area (Å²) in [5.74, 6) is 1.68. The minimum Gasteiger partial charge on any atom is -0.360 e. The lowest BCUT2D eigenvalue weighted by Gasteiger charge is -2.13. The Bertz CT molecular complexity index is 423. The van der Waals surface area contributed by atoms with Gasteiger partial charge < -0.3 is 5.32 Å². The van der Waals surface area contributed by atoms with E-state index < -0.39 is 0 Å². The van der Waals surface area contributed by atoms with Gasteiger partial charge in [0.25, 0.3) is 0 Å². The quantitative estimate of drug-likeness (QED) is 0.796. The Morgan fingerprint density at radius 1 is 1.40 bits per heavy atom. The lowest BCUT2D eigenvalue weighted by atomic mass is 10.2. The van der Waals surface area contributed by atoms with Crippen LogP contribution in [0.4, 0.5) is 5.82 Å².